The van der Waals surface area contributed by atoms with Crippen LogP contribution in [0, 0.1) is 17.3 Å². The molecule has 0 saturated heterocycles. The molecule has 4 aliphatic carbocycles. The van der Waals surface area contributed by atoms with Gasteiger partial charge in [0, 0.05) is 6.42 Å². The summed E-state index contributed by atoms with van der Waals surface area (Å²) in [6, 6.07) is 0. The van der Waals surface area contributed by atoms with E-state index < -0.39 is 50.9 Å². The molecule has 0 aliphatic heterocycles. The summed E-state index contributed by atoms with van der Waals surface area (Å²) in [7, 11) is 1.85. The van der Waals surface area contributed by atoms with Crippen LogP contribution in [0.25, 0.3) is 0 Å². The van der Waals surface area contributed by atoms with Gasteiger partial charge in [0.2, 0.25) is 0 Å². The van der Waals surface area contributed by atoms with Crippen LogP contribution in [0.4, 0.5) is 8.78 Å². The van der Waals surface area contributed by atoms with Crippen LogP contribution in [0.2, 0.25) is 0 Å². The Bertz CT molecular complexity index is 1370. The fourth-order valence-electron chi connectivity index (χ4n) is 8.22. The molecule has 0 heterocycles. The lowest BCUT2D eigenvalue weighted by Crippen LogP contribution is -2.60. The SMILES string of the molecule is BCc1c(CB)c(CB)c(C(=O)OC23CC4CC(C2)CC(C(=O)OCC(F)(F)S(=O)(=O)O)(C4)C3)c(C(=O)O)c1CB. The van der Waals surface area contributed by atoms with Gasteiger partial charge >= 0.3 is 33.3 Å². The van der Waals surface area contributed by atoms with E-state index in [-0.39, 0.29) is 29.4 Å². The second kappa shape index (κ2) is 11.1. The van der Waals surface area contributed by atoms with Crippen LogP contribution >= 0.6 is 0 Å². The molecule has 4 fully saturated rings. The second-order valence-corrected chi connectivity index (χ2v) is 13.4. The predicted octanol–water partition coefficient (Wildman–Crippen LogP) is -0.563. The van der Waals surface area contributed by atoms with Crippen molar-refractivity contribution in [1.82, 2.24) is 0 Å². The molecule has 2 atom stereocenters. The fourth-order valence-corrected chi connectivity index (χ4v) is 8.43. The van der Waals surface area contributed by atoms with Gasteiger partial charge in [0.05, 0.1) is 16.5 Å². The van der Waals surface area contributed by atoms with E-state index in [0.717, 1.165) is 17.5 Å². The van der Waals surface area contributed by atoms with Crippen molar-refractivity contribution in [3.8, 4) is 0 Å². The Morgan fingerprint density at radius 1 is 0.878 bits per heavy atom. The number of carbonyl (C=O) groups is 3. The molecule has 0 aromatic heterocycles. The van der Waals surface area contributed by atoms with E-state index in [1.807, 2.05) is 31.4 Å². The maximum absolute atomic E-state index is 14.0. The number of hydrogen-bond acceptors (Lipinski definition) is 7. The van der Waals surface area contributed by atoms with E-state index >= 15 is 0 Å². The Kier molecular flexibility index (Phi) is 8.52. The van der Waals surface area contributed by atoms with Gasteiger partial charge in [-0.15, -0.1) is 0 Å². The Labute approximate surface area is 241 Å². The molecule has 1 aromatic rings. The van der Waals surface area contributed by atoms with Gasteiger partial charge in [-0.1, -0.05) is 25.3 Å². The Morgan fingerprint density at radius 2 is 1.37 bits per heavy atom. The van der Waals surface area contributed by atoms with E-state index in [1.165, 1.54) is 0 Å². The first-order valence-electron chi connectivity index (χ1n) is 14.3. The molecule has 4 aliphatic rings. The number of alkyl halides is 2. The van der Waals surface area contributed by atoms with E-state index in [0.29, 0.717) is 62.1 Å². The smallest absolute Gasteiger partial charge is 0.402 e. The van der Waals surface area contributed by atoms with Crippen molar-refractivity contribution in [2.75, 3.05) is 6.61 Å². The largest absolute Gasteiger partial charge is 0.478 e. The molecule has 2 unspecified atom stereocenters. The molecule has 2 N–H and O–H groups in total. The maximum Gasteiger partial charge on any atom is 0.402 e. The van der Waals surface area contributed by atoms with Crippen molar-refractivity contribution in [2.24, 2.45) is 17.3 Å². The zero-order valence-corrected chi connectivity index (χ0v) is 24.7. The van der Waals surface area contributed by atoms with E-state index in [9.17, 15) is 36.7 Å². The number of carbonyl (C=O) groups excluding carboxylic acids is 2. The minimum absolute atomic E-state index is 0.00714. The van der Waals surface area contributed by atoms with Gasteiger partial charge < -0.3 is 14.6 Å². The van der Waals surface area contributed by atoms with Crippen molar-refractivity contribution in [1.29, 1.82) is 0 Å². The lowest BCUT2D eigenvalue weighted by atomic mass is 9.48. The summed E-state index contributed by atoms with van der Waals surface area (Å²) in [6.07, 6.45) is 4.38. The van der Waals surface area contributed by atoms with Crippen LogP contribution in [0.1, 0.15) is 81.5 Å². The summed E-state index contributed by atoms with van der Waals surface area (Å²) in [5, 5.41) is 5.61. The van der Waals surface area contributed by atoms with Crippen molar-refractivity contribution in [2.45, 2.75) is 74.7 Å². The summed E-state index contributed by atoms with van der Waals surface area (Å²) in [5.74, 6) is -3.10. The predicted molar refractivity (Wildman–Crippen MR) is 155 cm³/mol. The van der Waals surface area contributed by atoms with Crippen molar-refractivity contribution in [3.63, 3.8) is 0 Å². The zero-order chi connectivity index (χ0) is 30.5. The number of halogens is 2. The molecule has 41 heavy (non-hydrogen) atoms. The number of benzene rings is 1. The number of rotatable bonds is 11. The van der Waals surface area contributed by atoms with Gasteiger partial charge in [-0.25, -0.2) is 9.59 Å². The van der Waals surface area contributed by atoms with E-state index in [2.05, 4.69) is 0 Å². The minimum atomic E-state index is -5.78. The van der Waals surface area contributed by atoms with Crippen LogP contribution in [0.15, 0.2) is 0 Å². The monoisotopic (exact) mass is 592 g/mol. The average molecular weight is 592 g/mol. The third kappa shape index (κ3) is 5.46. The van der Waals surface area contributed by atoms with Gasteiger partial charge in [0.1, 0.15) is 37.0 Å². The average Bonchev–Trinajstić information content (AvgIpc) is 2.87. The van der Waals surface area contributed by atoms with Gasteiger partial charge in [-0.3, -0.25) is 9.35 Å². The normalized spacial score (nSPS) is 27.0. The lowest BCUT2D eigenvalue weighted by Gasteiger charge is -2.59. The molecule has 220 valence electrons. The summed E-state index contributed by atoms with van der Waals surface area (Å²) in [6.45, 7) is -1.82. The number of aromatic carboxylic acids is 1. The van der Waals surface area contributed by atoms with Crippen LogP contribution in [-0.4, -0.2) is 84.8 Å². The summed E-state index contributed by atoms with van der Waals surface area (Å²) >= 11 is 0. The standard InChI is InChI=1S/C25H34B4F2O9S/c26-6-14-15(7-27)17(9-29)19(18(20(32)33)16(14)8-28)21(34)40-24-4-12-1-13(5-24)3-23(2-12,10-24)22(35)39-11-25(30,31)41(36,37)38/h12-13H,1-11,26-29H2,(H,32,33)(H,36,37,38). The highest BCUT2D eigenvalue weighted by Gasteiger charge is 2.63. The number of hydrogen-bond donors (Lipinski definition) is 2. The van der Waals surface area contributed by atoms with Gasteiger partial charge in [0.15, 0.2) is 6.61 Å². The third-order valence-corrected chi connectivity index (χ3v) is 10.1. The third-order valence-electron chi connectivity index (χ3n) is 9.28. The molecule has 0 spiro atoms. The first-order chi connectivity index (χ1) is 19.1. The number of carboxylic acids is 1. The molecule has 9 nitrogen and oxygen atoms in total. The molecule has 0 radical (unpaired) electrons. The Balaban J connectivity index is 1.71. The fraction of sp³-hybridized carbons (Fsp3) is 0.640. The highest BCUT2D eigenvalue weighted by Crippen LogP contribution is 2.63. The van der Waals surface area contributed by atoms with Crippen molar-refractivity contribution >= 4 is 59.4 Å². The molecule has 16 heteroatoms. The van der Waals surface area contributed by atoms with E-state index in [1.54, 1.807) is 0 Å². The summed E-state index contributed by atoms with van der Waals surface area (Å²) in [4.78, 5) is 39.8. The van der Waals surface area contributed by atoms with Crippen LogP contribution in [0.3, 0.4) is 0 Å². The van der Waals surface area contributed by atoms with Crippen LogP contribution < -0.4 is 0 Å². The highest BCUT2D eigenvalue weighted by atomic mass is 32.2. The summed E-state index contributed by atoms with van der Waals surface area (Å²) < 4.78 is 69.4. The molecule has 4 saturated carbocycles. The van der Waals surface area contributed by atoms with Crippen molar-refractivity contribution < 1.29 is 50.7 Å². The first-order valence-corrected chi connectivity index (χ1v) is 15.7. The number of esters is 2. The molecule has 5 rings (SSSR count). The molecule has 4 bridgehead atoms. The highest BCUT2D eigenvalue weighted by molar-refractivity contribution is 7.86. The topological polar surface area (TPSA) is 144 Å². The maximum atomic E-state index is 14.0. The molecular formula is C25H34B4F2O9S. The zero-order valence-electron chi connectivity index (χ0n) is 23.8. The quantitative estimate of drug-likeness (QED) is 0.197. The Hall–Kier alpha value is -2.34. The lowest BCUT2D eigenvalue weighted by molar-refractivity contribution is -0.200. The van der Waals surface area contributed by atoms with Gasteiger partial charge in [-0.05, 0) is 66.2 Å². The number of carboxylic acid groups (broad SMARTS) is 1. The van der Waals surface area contributed by atoms with Crippen molar-refractivity contribution in [3.05, 3.63) is 33.4 Å². The van der Waals surface area contributed by atoms with Gasteiger partial charge in [0.25, 0.3) is 0 Å². The minimum Gasteiger partial charge on any atom is -0.478 e. The second-order valence-electron chi connectivity index (χ2n) is 11.9. The summed E-state index contributed by atoms with van der Waals surface area (Å²) in [5.41, 5.74) is 0.711. The first kappa shape index (κ1) is 31.6. The molecule has 0 amide bonds. The van der Waals surface area contributed by atoms with Gasteiger partial charge in [-0.2, -0.15) is 17.2 Å². The molecule has 1 aromatic carbocycles. The number of ether oxygens (including phenoxy) is 2. The van der Waals surface area contributed by atoms with E-state index in [4.69, 9.17) is 14.0 Å². The van der Waals surface area contributed by atoms with Crippen LogP contribution in [0.5, 0.6) is 0 Å². The molecular weight excluding hydrogens is 558 g/mol. The van der Waals surface area contributed by atoms with Crippen LogP contribution in [-0.2, 0) is 49.7 Å². The Morgan fingerprint density at radius 3 is 1.80 bits per heavy atom.